The van der Waals surface area contributed by atoms with Gasteiger partial charge in [-0.15, -0.1) is 0 Å². The first-order valence-electron chi connectivity index (χ1n) is 7.57. The smallest absolute Gasteiger partial charge is 0.242 e. The minimum absolute atomic E-state index is 0.00745. The van der Waals surface area contributed by atoms with Crippen molar-refractivity contribution in [2.45, 2.75) is 26.7 Å². The predicted molar refractivity (Wildman–Crippen MR) is 91.3 cm³/mol. The molecule has 23 heavy (non-hydrogen) atoms. The summed E-state index contributed by atoms with van der Waals surface area (Å²) in [5.74, 6) is -2.13. The Balaban J connectivity index is 2.09. The lowest BCUT2D eigenvalue weighted by molar-refractivity contribution is -0.129. The highest BCUT2D eigenvalue weighted by molar-refractivity contribution is 6.21. The lowest BCUT2D eigenvalue weighted by atomic mass is 10.0. The maximum absolute atomic E-state index is 12.4. The predicted octanol–water partition coefficient (Wildman–Crippen LogP) is 2.94. The van der Waals surface area contributed by atoms with Gasteiger partial charge in [0.2, 0.25) is 11.8 Å². The molecule has 120 valence electrons. The van der Waals surface area contributed by atoms with Gasteiger partial charge in [-0.05, 0) is 50.5 Å². The number of amides is 2. The van der Waals surface area contributed by atoms with Gasteiger partial charge in [0.25, 0.3) is 0 Å². The summed E-state index contributed by atoms with van der Waals surface area (Å²) in [5.41, 5.74) is 2.31. The molecule has 0 aromatic heterocycles. The van der Waals surface area contributed by atoms with Crippen molar-refractivity contribution in [3.05, 3.63) is 53.8 Å². The Labute approximate surface area is 136 Å². The third-order valence-electron chi connectivity index (χ3n) is 3.51. The van der Waals surface area contributed by atoms with Crippen molar-refractivity contribution in [1.29, 1.82) is 5.41 Å². The second-order valence-corrected chi connectivity index (χ2v) is 5.60. The van der Waals surface area contributed by atoms with E-state index in [1.807, 2.05) is 43.4 Å². The first-order valence-corrected chi connectivity index (χ1v) is 7.57. The lowest BCUT2D eigenvalue weighted by Gasteiger charge is -2.17. The summed E-state index contributed by atoms with van der Waals surface area (Å²) < 4.78 is 0. The van der Waals surface area contributed by atoms with E-state index in [2.05, 4.69) is 10.6 Å². The van der Waals surface area contributed by atoms with Crippen LogP contribution in [0.2, 0.25) is 0 Å². The van der Waals surface area contributed by atoms with Gasteiger partial charge in [0.15, 0.2) is 5.92 Å². The van der Waals surface area contributed by atoms with E-state index < -0.39 is 17.7 Å². The van der Waals surface area contributed by atoms with Gasteiger partial charge in [0, 0.05) is 17.1 Å². The monoisotopic (exact) mass is 311 g/mol. The summed E-state index contributed by atoms with van der Waals surface area (Å²) in [6.45, 7) is 3.38. The van der Waals surface area contributed by atoms with Crippen LogP contribution in [0.3, 0.4) is 0 Å². The topological polar surface area (TPSA) is 82.1 Å². The Bertz CT molecular complexity index is 689. The molecule has 1 atom stereocenters. The largest absolute Gasteiger partial charge is 0.325 e. The number of aryl methyl sites for hydroxylation is 1. The zero-order valence-electron chi connectivity index (χ0n) is 13.3. The zero-order valence-corrected chi connectivity index (χ0v) is 13.3. The molecule has 0 heterocycles. The van der Waals surface area contributed by atoms with Crippen molar-refractivity contribution in [2.75, 3.05) is 5.32 Å². The molecule has 0 saturated carbocycles. The van der Waals surface area contributed by atoms with Gasteiger partial charge >= 0.3 is 0 Å². The number of anilines is 1. The normalized spacial score (nSPS) is 14.6. The van der Waals surface area contributed by atoms with Gasteiger partial charge < -0.3 is 16.0 Å². The molecule has 0 aliphatic heterocycles. The number of nitrogens with one attached hydrogen (secondary N) is 3. The summed E-state index contributed by atoms with van der Waals surface area (Å²) in [4.78, 5) is 24.8. The molecule has 2 amide bonds. The Morgan fingerprint density at radius 2 is 1.91 bits per heavy atom. The average Bonchev–Trinajstić information content (AvgIpc) is 2.47. The minimum Gasteiger partial charge on any atom is -0.325 e. The molecule has 0 saturated heterocycles. The van der Waals surface area contributed by atoms with Crippen LogP contribution in [0.15, 0.2) is 48.2 Å². The summed E-state index contributed by atoms with van der Waals surface area (Å²) in [6, 6.07) is 7.32. The van der Waals surface area contributed by atoms with E-state index in [0.29, 0.717) is 11.4 Å². The molecule has 5 nitrogen and oxygen atoms in total. The maximum Gasteiger partial charge on any atom is 0.242 e. The summed E-state index contributed by atoms with van der Waals surface area (Å²) >= 11 is 0. The Morgan fingerprint density at radius 1 is 1.17 bits per heavy atom. The third kappa shape index (κ3) is 4.64. The van der Waals surface area contributed by atoms with Crippen LogP contribution in [-0.4, -0.2) is 17.5 Å². The van der Waals surface area contributed by atoms with Crippen molar-refractivity contribution in [1.82, 2.24) is 5.32 Å². The Kier molecular flexibility index (Phi) is 5.46. The van der Waals surface area contributed by atoms with E-state index in [4.69, 9.17) is 5.41 Å². The zero-order chi connectivity index (χ0) is 16.8. The molecule has 1 unspecified atom stereocenters. The van der Waals surface area contributed by atoms with Gasteiger partial charge in [-0.3, -0.25) is 9.59 Å². The SMILES string of the molecule is CC(=N)C(C(=O)NC1=CCCC=C1)C(=O)Nc1cccc(C)c1. The van der Waals surface area contributed by atoms with Gasteiger partial charge in [0.1, 0.15) is 0 Å². The van der Waals surface area contributed by atoms with Crippen molar-refractivity contribution < 1.29 is 9.59 Å². The van der Waals surface area contributed by atoms with Crippen LogP contribution < -0.4 is 10.6 Å². The lowest BCUT2D eigenvalue weighted by Crippen LogP contribution is -2.41. The molecule has 1 aliphatic rings. The number of carbonyl (C=O) groups excluding carboxylic acids is 2. The molecular weight excluding hydrogens is 290 g/mol. The molecule has 1 aliphatic carbocycles. The summed E-state index contributed by atoms with van der Waals surface area (Å²) in [6.07, 6.45) is 7.49. The van der Waals surface area contributed by atoms with Crippen LogP contribution in [-0.2, 0) is 9.59 Å². The molecule has 1 aromatic rings. The number of allylic oxidation sites excluding steroid dienone is 3. The molecule has 0 bridgehead atoms. The molecule has 0 fully saturated rings. The minimum atomic E-state index is -1.15. The highest BCUT2D eigenvalue weighted by atomic mass is 16.2. The van der Waals surface area contributed by atoms with Crippen LogP contribution in [0.25, 0.3) is 0 Å². The molecular formula is C18H21N3O2. The molecule has 1 aromatic carbocycles. The first-order chi connectivity index (χ1) is 11.0. The Hall–Kier alpha value is -2.69. The van der Waals surface area contributed by atoms with E-state index in [1.54, 1.807) is 6.07 Å². The number of rotatable bonds is 5. The fourth-order valence-corrected chi connectivity index (χ4v) is 2.37. The fraction of sp³-hybridized carbons (Fsp3) is 0.278. The van der Waals surface area contributed by atoms with E-state index in [-0.39, 0.29) is 5.71 Å². The highest BCUT2D eigenvalue weighted by Gasteiger charge is 2.29. The molecule has 0 radical (unpaired) electrons. The summed E-state index contributed by atoms with van der Waals surface area (Å²) in [5, 5.41) is 13.2. The van der Waals surface area contributed by atoms with Crippen LogP contribution in [0, 0.1) is 18.3 Å². The molecule has 0 spiro atoms. The molecule has 2 rings (SSSR count). The van der Waals surface area contributed by atoms with E-state index >= 15 is 0 Å². The van der Waals surface area contributed by atoms with Crippen LogP contribution in [0.5, 0.6) is 0 Å². The van der Waals surface area contributed by atoms with Gasteiger partial charge in [0.05, 0.1) is 0 Å². The van der Waals surface area contributed by atoms with Crippen LogP contribution in [0.4, 0.5) is 5.69 Å². The van der Waals surface area contributed by atoms with Gasteiger partial charge in [-0.25, -0.2) is 0 Å². The second kappa shape index (κ2) is 7.54. The summed E-state index contributed by atoms with van der Waals surface area (Å²) in [7, 11) is 0. The van der Waals surface area contributed by atoms with Crippen molar-refractivity contribution in [3.8, 4) is 0 Å². The number of benzene rings is 1. The van der Waals surface area contributed by atoms with Crippen LogP contribution >= 0.6 is 0 Å². The Morgan fingerprint density at radius 3 is 2.52 bits per heavy atom. The van der Waals surface area contributed by atoms with Crippen LogP contribution in [0.1, 0.15) is 25.3 Å². The number of hydrogen-bond donors (Lipinski definition) is 3. The number of hydrogen-bond acceptors (Lipinski definition) is 3. The van der Waals surface area contributed by atoms with Gasteiger partial charge in [-0.1, -0.05) is 24.3 Å². The highest BCUT2D eigenvalue weighted by Crippen LogP contribution is 2.13. The molecule has 3 N–H and O–H groups in total. The van der Waals surface area contributed by atoms with Gasteiger partial charge in [-0.2, -0.15) is 0 Å². The first kappa shape index (κ1) is 16.7. The fourth-order valence-electron chi connectivity index (χ4n) is 2.37. The van der Waals surface area contributed by atoms with E-state index in [1.165, 1.54) is 6.92 Å². The quantitative estimate of drug-likeness (QED) is 0.577. The van der Waals surface area contributed by atoms with Crippen molar-refractivity contribution in [2.24, 2.45) is 5.92 Å². The van der Waals surface area contributed by atoms with Crippen molar-refractivity contribution >= 4 is 23.2 Å². The standard InChI is InChI=1S/C18H21N3O2/c1-12-7-6-10-15(11-12)21-18(23)16(13(2)19)17(22)20-14-8-4-3-5-9-14/h4,6-11,16,19H,3,5H2,1-2H3,(H,20,22)(H,21,23). The maximum atomic E-state index is 12.4. The third-order valence-corrected chi connectivity index (χ3v) is 3.51. The second-order valence-electron chi connectivity index (χ2n) is 5.60. The average molecular weight is 311 g/mol. The van der Waals surface area contributed by atoms with E-state index in [0.717, 1.165) is 18.4 Å². The van der Waals surface area contributed by atoms with E-state index in [9.17, 15) is 9.59 Å². The number of carbonyl (C=O) groups is 2. The van der Waals surface area contributed by atoms with Crippen molar-refractivity contribution in [3.63, 3.8) is 0 Å². The molecule has 5 heteroatoms.